The molecule has 4 atom stereocenters. The van der Waals surface area contributed by atoms with Gasteiger partial charge in [0.05, 0.1) is 29.6 Å². The fourth-order valence-corrected chi connectivity index (χ4v) is 3.84. The van der Waals surface area contributed by atoms with Gasteiger partial charge in [-0.15, -0.1) is 0 Å². The fourth-order valence-electron chi connectivity index (χ4n) is 3.84. The second kappa shape index (κ2) is 4.54. The first-order valence-corrected chi connectivity index (χ1v) is 7.84. The van der Waals surface area contributed by atoms with E-state index in [4.69, 9.17) is 13.9 Å². The molecular formula is C17H14O8. The molecule has 2 aliphatic heterocycles. The van der Waals surface area contributed by atoms with Gasteiger partial charge in [0, 0.05) is 18.9 Å². The molecule has 0 unspecified atom stereocenters. The average Bonchev–Trinajstić information content (AvgIpc) is 2.99. The maximum atomic E-state index is 12.9. The van der Waals surface area contributed by atoms with Gasteiger partial charge in [-0.25, -0.2) is 0 Å². The minimum atomic E-state index is -1.70. The van der Waals surface area contributed by atoms with Gasteiger partial charge in [-0.05, 0) is 6.08 Å². The molecule has 0 saturated heterocycles. The topological polar surface area (TPSA) is 130 Å². The first-order valence-electron chi connectivity index (χ1n) is 7.84. The monoisotopic (exact) mass is 346 g/mol. The maximum absolute atomic E-state index is 12.9. The van der Waals surface area contributed by atoms with Gasteiger partial charge in [-0.3, -0.25) is 4.79 Å². The highest BCUT2D eigenvalue weighted by Gasteiger charge is 2.53. The Kier molecular flexibility index (Phi) is 2.68. The van der Waals surface area contributed by atoms with Gasteiger partial charge in [0.25, 0.3) is 6.29 Å². The molecule has 3 heterocycles. The van der Waals surface area contributed by atoms with E-state index in [-0.39, 0.29) is 46.4 Å². The first-order chi connectivity index (χ1) is 11.9. The quantitative estimate of drug-likeness (QED) is 0.536. The minimum Gasteiger partial charge on any atom is -0.506 e. The molecule has 1 aromatic heterocycles. The number of ether oxygens (including phenoxy) is 2. The van der Waals surface area contributed by atoms with Crippen LogP contribution in [0, 0.1) is 0 Å². The lowest BCUT2D eigenvalue weighted by Crippen LogP contribution is -2.33. The van der Waals surface area contributed by atoms with Gasteiger partial charge >= 0.3 is 0 Å². The predicted octanol–water partition coefficient (Wildman–Crippen LogP) is 0.289. The zero-order valence-electron chi connectivity index (χ0n) is 12.8. The number of phenolic OH excluding ortho intramolecular Hbond substituents is 1. The van der Waals surface area contributed by atoms with E-state index < -0.39 is 35.3 Å². The van der Waals surface area contributed by atoms with Gasteiger partial charge in [0.15, 0.2) is 5.60 Å². The highest BCUT2D eigenvalue weighted by Crippen LogP contribution is 2.52. The van der Waals surface area contributed by atoms with Crippen LogP contribution in [-0.2, 0) is 16.8 Å². The maximum Gasteiger partial charge on any atom is 0.277 e. The summed E-state index contributed by atoms with van der Waals surface area (Å²) in [4.78, 5) is 12.9. The second-order valence-corrected chi connectivity index (χ2v) is 6.56. The molecule has 4 N–H and O–H groups in total. The van der Waals surface area contributed by atoms with Gasteiger partial charge in [-0.2, -0.15) is 0 Å². The number of hydrogen-bond donors (Lipinski definition) is 4. The molecule has 3 aliphatic rings. The molecule has 0 bridgehead atoms. The summed E-state index contributed by atoms with van der Waals surface area (Å²) in [7, 11) is 0. The Labute approximate surface area is 140 Å². The van der Waals surface area contributed by atoms with Gasteiger partial charge < -0.3 is 34.3 Å². The van der Waals surface area contributed by atoms with Crippen molar-refractivity contribution in [1.82, 2.24) is 0 Å². The van der Waals surface area contributed by atoms with Crippen molar-refractivity contribution in [3.8, 4) is 11.5 Å². The Morgan fingerprint density at radius 2 is 2.08 bits per heavy atom. The summed E-state index contributed by atoms with van der Waals surface area (Å²) >= 11 is 0. The lowest BCUT2D eigenvalue weighted by atomic mass is 9.89. The normalized spacial score (nSPS) is 32.0. The van der Waals surface area contributed by atoms with Crippen LogP contribution in [0.15, 0.2) is 27.6 Å². The Bertz CT molecular complexity index is 1010. The van der Waals surface area contributed by atoms with Crippen LogP contribution in [0.1, 0.15) is 29.4 Å². The van der Waals surface area contributed by atoms with E-state index in [1.165, 1.54) is 18.4 Å². The molecule has 5 rings (SSSR count). The second-order valence-electron chi connectivity index (χ2n) is 6.56. The summed E-state index contributed by atoms with van der Waals surface area (Å²) in [5.41, 5.74) is -2.20. The van der Waals surface area contributed by atoms with Crippen molar-refractivity contribution in [2.24, 2.45) is 0 Å². The third kappa shape index (κ3) is 1.73. The summed E-state index contributed by atoms with van der Waals surface area (Å²) in [5.74, 6) is -0.152. The van der Waals surface area contributed by atoms with Crippen molar-refractivity contribution in [2.75, 3.05) is 0 Å². The molecule has 0 fully saturated rings. The van der Waals surface area contributed by atoms with Crippen LogP contribution < -0.4 is 10.2 Å². The Morgan fingerprint density at radius 3 is 2.88 bits per heavy atom. The summed E-state index contributed by atoms with van der Waals surface area (Å²) in [6.07, 6.45) is -0.356. The molecule has 8 nitrogen and oxygen atoms in total. The molecule has 0 amide bonds. The molecule has 1 aromatic carbocycles. The number of rotatable bonds is 0. The van der Waals surface area contributed by atoms with Crippen LogP contribution in [-0.4, -0.2) is 32.8 Å². The third-order valence-corrected chi connectivity index (χ3v) is 5.00. The van der Waals surface area contributed by atoms with Crippen molar-refractivity contribution < 1.29 is 34.3 Å². The summed E-state index contributed by atoms with van der Waals surface area (Å²) < 4.78 is 16.3. The van der Waals surface area contributed by atoms with Gasteiger partial charge in [-0.1, -0.05) is 0 Å². The van der Waals surface area contributed by atoms with E-state index in [9.17, 15) is 25.2 Å². The lowest BCUT2D eigenvalue weighted by molar-refractivity contribution is -0.110. The van der Waals surface area contributed by atoms with Crippen LogP contribution in [0.25, 0.3) is 11.0 Å². The zero-order valence-corrected chi connectivity index (χ0v) is 12.8. The van der Waals surface area contributed by atoms with Crippen LogP contribution in [0.5, 0.6) is 11.5 Å². The van der Waals surface area contributed by atoms with Crippen LogP contribution in [0.2, 0.25) is 0 Å². The number of aliphatic hydroxyl groups excluding tert-OH is 2. The molecule has 25 heavy (non-hydrogen) atoms. The Hall–Kier alpha value is -2.55. The van der Waals surface area contributed by atoms with E-state index in [1.54, 1.807) is 0 Å². The van der Waals surface area contributed by atoms with E-state index in [0.717, 1.165) is 0 Å². The van der Waals surface area contributed by atoms with Crippen LogP contribution >= 0.6 is 0 Å². The lowest BCUT2D eigenvalue weighted by Gasteiger charge is -2.24. The Balaban J connectivity index is 1.85. The van der Waals surface area contributed by atoms with Gasteiger partial charge in [0.2, 0.25) is 5.43 Å². The number of hydrogen-bond acceptors (Lipinski definition) is 8. The van der Waals surface area contributed by atoms with Crippen molar-refractivity contribution in [3.05, 3.63) is 45.5 Å². The largest absolute Gasteiger partial charge is 0.506 e. The van der Waals surface area contributed by atoms with E-state index in [0.29, 0.717) is 0 Å². The molecule has 1 aliphatic carbocycles. The summed E-state index contributed by atoms with van der Waals surface area (Å²) in [6, 6.07) is 1.40. The number of fused-ring (bicyclic) bond motifs is 5. The van der Waals surface area contributed by atoms with Crippen molar-refractivity contribution in [3.63, 3.8) is 0 Å². The molecule has 130 valence electrons. The SMILES string of the molecule is O=c1c2c(oc3cc4c(c(O)c13)[C@]1(O)C=CO[C@@H]1O4)C[C@H](O)C[C@H]2O. The van der Waals surface area contributed by atoms with E-state index in [2.05, 4.69) is 0 Å². The summed E-state index contributed by atoms with van der Waals surface area (Å²) in [6.45, 7) is 0. The Morgan fingerprint density at radius 1 is 1.28 bits per heavy atom. The third-order valence-electron chi connectivity index (χ3n) is 5.00. The summed E-state index contributed by atoms with van der Waals surface area (Å²) in [5, 5.41) is 41.2. The predicted molar refractivity (Wildman–Crippen MR) is 82.0 cm³/mol. The zero-order chi connectivity index (χ0) is 17.5. The molecule has 0 radical (unpaired) electrons. The molecule has 0 saturated carbocycles. The smallest absolute Gasteiger partial charge is 0.277 e. The van der Waals surface area contributed by atoms with E-state index >= 15 is 0 Å². The standard InChI is InChI=1S/C17H14O8/c18-6-3-7(19)11-8(4-6)24-9-5-10-13(15(21)12(9)14(11)20)17(22)1-2-23-16(17)25-10/h1-2,5-7,16,18-19,21-22H,3-4H2/t6-,7-,16-,17-/m1/s1. The van der Waals surface area contributed by atoms with Crippen molar-refractivity contribution in [2.45, 2.75) is 36.9 Å². The number of phenols is 1. The fraction of sp³-hybridized carbons (Fsp3) is 0.353. The van der Waals surface area contributed by atoms with Crippen molar-refractivity contribution >= 4 is 11.0 Å². The van der Waals surface area contributed by atoms with Crippen LogP contribution in [0.4, 0.5) is 0 Å². The highest BCUT2D eigenvalue weighted by atomic mass is 16.7. The number of benzene rings is 1. The van der Waals surface area contributed by atoms with Gasteiger partial charge in [0.1, 0.15) is 28.2 Å². The average molecular weight is 346 g/mol. The number of aromatic hydroxyl groups is 1. The molecular weight excluding hydrogens is 332 g/mol. The highest BCUT2D eigenvalue weighted by molar-refractivity contribution is 5.89. The molecule has 0 spiro atoms. The van der Waals surface area contributed by atoms with Crippen LogP contribution in [0.3, 0.4) is 0 Å². The number of aliphatic hydroxyl groups is 3. The van der Waals surface area contributed by atoms with Crippen molar-refractivity contribution in [1.29, 1.82) is 0 Å². The minimum absolute atomic E-state index is 0.0146. The van der Waals surface area contributed by atoms with E-state index in [1.807, 2.05) is 0 Å². The molecule has 2 aromatic rings. The molecule has 8 heteroatoms. The first kappa shape index (κ1) is 14.8.